The number of hydrogen-bond donors (Lipinski definition) is 0. The van der Waals surface area contributed by atoms with E-state index >= 15 is 0 Å². The number of carbonyl (C=O) groups excluding carboxylic acids is 1. The summed E-state index contributed by atoms with van der Waals surface area (Å²) in [6, 6.07) is 6.81. The van der Waals surface area contributed by atoms with Crippen LogP contribution in [0.2, 0.25) is 0 Å². The Morgan fingerprint density at radius 2 is 1.87 bits per heavy atom. The summed E-state index contributed by atoms with van der Waals surface area (Å²) in [5, 5.41) is 0.567. The lowest BCUT2D eigenvalue weighted by molar-refractivity contribution is -0.135. The van der Waals surface area contributed by atoms with Crippen LogP contribution in [-0.2, 0) is 4.79 Å². The number of hydrogen-bond acceptors (Lipinski definition) is 3. The van der Waals surface area contributed by atoms with Gasteiger partial charge in [0.1, 0.15) is 6.04 Å². The lowest BCUT2D eigenvalue weighted by Crippen LogP contribution is -2.40. The zero-order valence-electron chi connectivity index (χ0n) is 13.6. The minimum absolute atomic E-state index is 0.0496. The number of aromatic nitrogens is 2. The first-order valence-electron chi connectivity index (χ1n) is 8.47. The quantitative estimate of drug-likeness (QED) is 0.875. The minimum atomic E-state index is -0.460. The largest absolute Gasteiger partial charge is 0.341 e. The fourth-order valence-electron chi connectivity index (χ4n) is 3.30. The van der Waals surface area contributed by atoms with Gasteiger partial charge in [0, 0.05) is 13.1 Å². The Balaban J connectivity index is 1.95. The van der Waals surface area contributed by atoms with Crippen molar-refractivity contribution in [2.24, 2.45) is 0 Å². The molecule has 0 N–H and O–H groups in total. The topological polar surface area (TPSA) is 55.2 Å². The predicted octanol–water partition coefficient (Wildman–Crippen LogP) is 2.75. The lowest BCUT2D eigenvalue weighted by atomic mass is 10.1. The molecule has 1 atom stereocenters. The summed E-state index contributed by atoms with van der Waals surface area (Å²) in [4.78, 5) is 31.9. The van der Waals surface area contributed by atoms with Crippen LogP contribution >= 0.6 is 0 Å². The number of benzene rings is 1. The van der Waals surface area contributed by atoms with E-state index in [1.54, 1.807) is 6.07 Å². The van der Waals surface area contributed by atoms with E-state index in [-0.39, 0.29) is 11.5 Å². The fourth-order valence-corrected chi connectivity index (χ4v) is 3.30. The maximum Gasteiger partial charge on any atom is 0.261 e. The molecule has 0 spiro atoms. The van der Waals surface area contributed by atoms with Crippen molar-refractivity contribution in [1.82, 2.24) is 14.5 Å². The monoisotopic (exact) mass is 313 g/mol. The average Bonchev–Trinajstić information content (AvgIpc) is 2.87. The van der Waals surface area contributed by atoms with Crippen molar-refractivity contribution in [3.8, 4) is 0 Å². The molecule has 0 saturated carbocycles. The molecule has 0 bridgehead atoms. The van der Waals surface area contributed by atoms with Crippen LogP contribution in [0.3, 0.4) is 0 Å². The first kappa shape index (κ1) is 15.7. The van der Waals surface area contributed by atoms with Crippen LogP contribution in [-0.4, -0.2) is 33.4 Å². The van der Waals surface area contributed by atoms with Gasteiger partial charge in [-0.1, -0.05) is 31.9 Å². The molecule has 122 valence electrons. The first-order valence-corrected chi connectivity index (χ1v) is 8.47. The number of para-hydroxylation sites is 1. The molecule has 5 heteroatoms. The third kappa shape index (κ3) is 3.14. The molecule has 1 unspecified atom stereocenters. The second-order valence-electron chi connectivity index (χ2n) is 6.14. The van der Waals surface area contributed by atoms with Crippen molar-refractivity contribution < 1.29 is 4.79 Å². The highest BCUT2D eigenvalue weighted by atomic mass is 16.2. The molecule has 2 aromatic rings. The molecule has 0 aliphatic carbocycles. The molecule has 1 aromatic carbocycles. The van der Waals surface area contributed by atoms with Gasteiger partial charge in [0.15, 0.2) is 0 Å². The van der Waals surface area contributed by atoms with E-state index in [9.17, 15) is 9.59 Å². The number of rotatable bonds is 3. The van der Waals surface area contributed by atoms with Crippen molar-refractivity contribution >= 4 is 16.8 Å². The summed E-state index contributed by atoms with van der Waals surface area (Å²) in [6.45, 7) is 3.54. The molecule has 0 radical (unpaired) electrons. The van der Waals surface area contributed by atoms with E-state index in [0.717, 1.165) is 25.9 Å². The van der Waals surface area contributed by atoms with Gasteiger partial charge in [0.25, 0.3) is 5.56 Å². The van der Waals surface area contributed by atoms with Crippen LogP contribution in [0.1, 0.15) is 45.1 Å². The second-order valence-corrected chi connectivity index (χ2v) is 6.14. The molecule has 1 fully saturated rings. The van der Waals surface area contributed by atoms with Gasteiger partial charge in [-0.2, -0.15) is 0 Å². The van der Waals surface area contributed by atoms with E-state index in [1.165, 1.54) is 23.7 Å². The third-order valence-corrected chi connectivity index (χ3v) is 4.62. The highest BCUT2D eigenvalue weighted by Gasteiger charge is 2.26. The molecule has 1 amide bonds. The van der Waals surface area contributed by atoms with Crippen LogP contribution in [0.4, 0.5) is 0 Å². The number of likely N-dealkylation sites (tertiary alicyclic amines) is 1. The summed E-state index contributed by atoms with van der Waals surface area (Å²) in [5.74, 6) is 0.0496. The minimum Gasteiger partial charge on any atom is -0.341 e. The van der Waals surface area contributed by atoms with Crippen LogP contribution in [0.25, 0.3) is 10.9 Å². The number of amides is 1. The van der Waals surface area contributed by atoms with Gasteiger partial charge < -0.3 is 4.90 Å². The van der Waals surface area contributed by atoms with Gasteiger partial charge in [-0.05, 0) is 31.4 Å². The Morgan fingerprint density at radius 3 is 2.57 bits per heavy atom. The van der Waals surface area contributed by atoms with E-state index in [0.29, 0.717) is 17.3 Å². The molecule has 5 nitrogen and oxygen atoms in total. The van der Waals surface area contributed by atoms with Gasteiger partial charge in [0.05, 0.1) is 17.2 Å². The average molecular weight is 313 g/mol. The van der Waals surface area contributed by atoms with Crippen molar-refractivity contribution in [3.63, 3.8) is 0 Å². The molecule has 23 heavy (non-hydrogen) atoms. The Morgan fingerprint density at radius 1 is 1.17 bits per heavy atom. The van der Waals surface area contributed by atoms with Crippen molar-refractivity contribution in [2.45, 2.75) is 45.1 Å². The zero-order chi connectivity index (χ0) is 16.2. The summed E-state index contributed by atoms with van der Waals surface area (Å²) in [7, 11) is 0. The predicted molar refractivity (Wildman–Crippen MR) is 90.4 cm³/mol. The van der Waals surface area contributed by atoms with Crippen molar-refractivity contribution in [1.29, 1.82) is 0 Å². The molecule has 2 heterocycles. The number of carbonyl (C=O) groups is 1. The summed E-state index contributed by atoms with van der Waals surface area (Å²) < 4.78 is 1.51. The van der Waals surface area contributed by atoms with Gasteiger partial charge in [-0.15, -0.1) is 0 Å². The molecular formula is C18H23N3O2. The van der Waals surface area contributed by atoms with Gasteiger partial charge in [0.2, 0.25) is 5.91 Å². The van der Waals surface area contributed by atoms with Crippen LogP contribution in [0.15, 0.2) is 35.4 Å². The zero-order valence-corrected chi connectivity index (χ0v) is 13.6. The summed E-state index contributed by atoms with van der Waals surface area (Å²) in [6.07, 6.45) is 6.57. The van der Waals surface area contributed by atoms with E-state index in [4.69, 9.17) is 0 Å². The summed E-state index contributed by atoms with van der Waals surface area (Å²) >= 11 is 0. The maximum absolute atomic E-state index is 12.9. The summed E-state index contributed by atoms with van der Waals surface area (Å²) in [5.41, 5.74) is 0.538. The molecular weight excluding hydrogens is 290 g/mol. The standard InChI is InChI=1S/C18H23N3O2/c1-2-16(18(23)20-11-7-3-4-8-12-20)21-13-19-15-10-6-5-9-14(15)17(21)22/h5-6,9-10,13,16H,2-4,7-8,11-12H2,1H3. The van der Waals surface area contributed by atoms with Crippen molar-refractivity contribution in [2.75, 3.05) is 13.1 Å². The maximum atomic E-state index is 12.9. The highest BCUT2D eigenvalue weighted by molar-refractivity contribution is 5.81. The first-order chi connectivity index (χ1) is 11.2. The molecule has 1 aliphatic heterocycles. The fraction of sp³-hybridized carbons (Fsp3) is 0.500. The van der Waals surface area contributed by atoms with Gasteiger partial charge in [-0.3, -0.25) is 14.2 Å². The van der Waals surface area contributed by atoms with E-state index < -0.39 is 6.04 Å². The highest BCUT2D eigenvalue weighted by Crippen LogP contribution is 2.18. The number of fused-ring (bicyclic) bond motifs is 1. The Kier molecular flexibility index (Phi) is 4.74. The van der Waals surface area contributed by atoms with E-state index in [1.807, 2.05) is 30.0 Å². The van der Waals surface area contributed by atoms with Crippen LogP contribution in [0.5, 0.6) is 0 Å². The van der Waals surface area contributed by atoms with E-state index in [2.05, 4.69) is 4.98 Å². The van der Waals surface area contributed by atoms with Gasteiger partial charge in [-0.25, -0.2) is 4.98 Å². The normalized spacial score (nSPS) is 17.0. The lowest BCUT2D eigenvalue weighted by Gasteiger charge is -2.26. The van der Waals surface area contributed by atoms with Crippen LogP contribution < -0.4 is 5.56 Å². The Hall–Kier alpha value is -2.17. The third-order valence-electron chi connectivity index (χ3n) is 4.62. The van der Waals surface area contributed by atoms with Crippen LogP contribution in [0, 0.1) is 0 Å². The van der Waals surface area contributed by atoms with Crippen molar-refractivity contribution in [3.05, 3.63) is 40.9 Å². The van der Waals surface area contributed by atoms with Gasteiger partial charge >= 0.3 is 0 Å². The number of nitrogens with zero attached hydrogens (tertiary/aromatic N) is 3. The molecule has 1 aromatic heterocycles. The molecule has 1 aliphatic rings. The Labute approximate surface area is 135 Å². The Bertz CT molecular complexity index is 745. The second kappa shape index (κ2) is 6.94. The molecule has 3 rings (SSSR count). The smallest absolute Gasteiger partial charge is 0.261 e. The molecule has 1 saturated heterocycles. The SMILES string of the molecule is CCC(C(=O)N1CCCCCC1)n1cnc2ccccc2c1=O.